The van der Waals surface area contributed by atoms with Gasteiger partial charge < -0.3 is 9.63 Å². The van der Waals surface area contributed by atoms with Crippen LogP contribution in [0.4, 0.5) is 0 Å². The number of aromatic nitrogens is 1. The van der Waals surface area contributed by atoms with Crippen molar-refractivity contribution in [3.05, 3.63) is 29.5 Å². The summed E-state index contributed by atoms with van der Waals surface area (Å²) < 4.78 is 5.26. The predicted molar refractivity (Wildman–Crippen MR) is 71.1 cm³/mol. The molecular weight excluding hydrogens is 242 g/mol. The molecule has 0 atom stereocenters. The number of carboxylic acid groups (broad SMARTS) is 1. The van der Waals surface area contributed by atoms with E-state index in [0.29, 0.717) is 18.4 Å². The summed E-state index contributed by atoms with van der Waals surface area (Å²) >= 11 is 0. The first-order chi connectivity index (χ1) is 9.13. The van der Waals surface area contributed by atoms with Gasteiger partial charge in [-0.05, 0) is 37.5 Å². The second-order valence-electron chi connectivity index (χ2n) is 5.43. The standard InChI is InChI=1S/C15H17NO3/c1-10-12-6-5-11(9-13(12)19-16-10)15(14(17)18)7-3-2-4-8-15/h5-6,9H,2-4,7-8H2,1H3,(H,17,18). The Hall–Kier alpha value is -1.84. The van der Waals surface area contributed by atoms with Crippen LogP contribution in [0.2, 0.25) is 0 Å². The monoisotopic (exact) mass is 259 g/mol. The van der Waals surface area contributed by atoms with Gasteiger partial charge in [-0.2, -0.15) is 0 Å². The molecule has 19 heavy (non-hydrogen) atoms. The molecule has 100 valence electrons. The summed E-state index contributed by atoms with van der Waals surface area (Å²) in [7, 11) is 0. The van der Waals surface area contributed by atoms with Crippen molar-refractivity contribution in [3.8, 4) is 0 Å². The maximum atomic E-state index is 11.8. The molecule has 0 saturated heterocycles. The van der Waals surface area contributed by atoms with Gasteiger partial charge in [-0.25, -0.2) is 0 Å². The van der Waals surface area contributed by atoms with Crippen LogP contribution < -0.4 is 0 Å². The van der Waals surface area contributed by atoms with Crippen molar-refractivity contribution in [2.45, 2.75) is 44.4 Å². The Bertz CT molecular complexity index is 623. The molecule has 0 amide bonds. The van der Waals surface area contributed by atoms with Crippen LogP contribution in [-0.2, 0) is 10.2 Å². The molecule has 0 spiro atoms. The molecule has 0 aliphatic heterocycles. The zero-order chi connectivity index (χ0) is 13.5. The molecule has 3 rings (SSSR count). The molecule has 1 aromatic heterocycles. The first kappa shape index (κ1) is 12.2. The van der Waals surface area contributed by atoms with E-state index in [9.17, 15) is 9.90 Å². The van der Waals surface area contributed by atoms with Gasteiger partial charge in [0.1, 0.15) is 0 Å². The quantitative estimate of drug-likeness (QED) is 0.897. The lowest BCUT2D eigenvalue weighted by molar-refractivity contribution is -0.145. The van der Waals surface area contributed by atoms with Crippen LogP contribution in [0.25, 0.3) is 11.0 Å². The van der Waals surface area contributed by atoms with Gasteiger partial charge in [0.25, 0.3) is 0 Å². The van der Waals surface area contributed by atoms with E-state index in [-0.39, 0.29) is 0 Å². The topological polar surface area (TPSA) is 63.3 Å². The molecule has 4 heteroatoms. The Kier molecular flexibility index (Phi) is 2.81. The number of hydrogen-bond acceptors (Lipinski definition) is 3. The van der Waals surface area contributed by atoms with Crippen molar-refractivity contribution < 1.29 is 14.4 Å². The summed E-state index contributed by atoms with van der Waals surface area (Å²) in [6.45, 7) is 1.89. The van der Waals surface area contributed by atoms with Gasteiger partial charge in [0.2, 0.25) is 0 Å². The van der Waals surface area contributed by atoms with Gasteiger partial charge in [-0.3, -0.25) is 4.79 Å². The number of carbonyl (C=O) groups is 1. The molecule has 0 radical (unpaired) electrons. The average Bonchev–Trinajstić information content (AvgIpc) is 2.80. The number of hydrogen-bond donors (Lipinski definition) is 1. The molecule has 1 aromatic carbocycles. The number of aliphatic carboxylic acids is 1. The number of rotatable bonds is 2. The smallest absolute Gasteiger partial charge is 0.314 e. The Morgan fingerprint density at radius 3 is 2.74 bits per heavy atom. The fourth-order valence-corrected chi connectivity index (χ4v) is 3.14. The number of carboxylic acids is 1. The predicted octanol–water partition coefficient (Wildman–Crippen LogP) is 3.42. The van der Waals surface area contributed by atoms with Crippen molar-refractivity contribution in [2.24, 2.45) is 0 Å². The molecule has 1 heterocycles. The van der Waals surface area contributed by atoms with E-state index in [1.807, 2.05) is 25.1 Å². The van der Waals surface area contributed by atoms with Crippen molar-refractivity contribution in [3.63, 3.8) is 0 Å². The van der Waals surface area contributed by atoms with E-state index in [1.54, 1.807) is 0 Å². The summed E-state index contributed by atoms with van der Waals surface area (Å²) in [6.07, 6.45) is 4.49. The maximum Gasteiger partial charge on any atom is 0.314 e. The van der Waals surface area contributed by atoms with E-state index < -0.39 is 11.4 Å². The molecule has 1 saturated carbocycles. The van der Waals surface area contributed by atoms with E-state index in [4.69, 9.17) is 4.52 Å². The first-order valence-corrected chi connectivity index (χ1v) is 6.73. The number of nitrogens with zero attached hydrogens (tertiary/aromatic N) is 1. The van der Waals surface area contributed by atoms with Crippen LogP contribution in [0.1, 0.15) is 43.4 Å². The fraction of sp³-hybridized carbons (Fsp3) is 0.467. The van der Waals surface area contributed by atoms with E-state index in [0.717, 1.165) is 35.9 Å². The van der Waals surface area contributed by atoms with Crippen LogP contribution in [0.5, 0.6) is 0 Å². The Balaban J connectivity index is 2.12. The van der Waals surface area contributed by atoms with Crippen LogP contribution in [0, 0.1) is 6.92 Å². The van der Waals surface area contributed by atoms with Crippen molar-refractivity contribution in [1.29, 1.82) is 0 Å². The summed E-state index contributed by atoms with van der Waals surface area (Å²) in [5, 5.41) is 14.6. The van der Waals surface area contributed by atoms with Gasteiger partial charge >= 0.3 is 5.97 Å². The van der Waals surface area contributed by atoms with Crippen LogP contribution in [-0.4, -0.2) is 16.2 Å². The summed E-state index contributed by atoms with van der Waals surface area (Å²) in [4.78, 5) is 11.8. The molecule has 0 unspecified atom stereocenters. The third kappa shape index (κ3) is 1.82. The van der Waals surface area contributed by atoms with E-state index in [2.05, 4.69) is 5.16 Å². The highest BCUT2D eigenvalue weighted by atomic mass is 16.5. The molecule has 1 fully saturated rings. The average molecular weight is 259 g/mol. The number of benzene rings is 1. The third-order valence-corrected chi connectivity index (χ3v) is 4.32. The third-order valence-electron chi connectivity index (χ3n) is 4.32. The summed E-state index contributed by atoms with van der Waals surface area (Å²) in [5.74, 6) is -0.720. The van der Waals surface area contributed by atoms with Crippen LogP contribution >= 0.6 is 0 Å². The van der Waals surface area contributed by atoms with Gasteiger partial charge in [0.15, 0.2) is 5.58 Å². The Labute approximate surface area is 111 Å². The van der Waals surface area contributed by atoms with E-state index >= 15 is 0 Å². The number of fused-ring (bicyclic) bond motifs is 1. The van der Waals surface area contributed by atoms with Crippen LogP contribution in [0.15, 0.2) is 22.7 Å². The molecule has 4 nitrogen and oxygen atoms in total. The van der Waals surface area contributed by atoms with Gasteiger partial charge in [-0.1, -0.05) is 30.5 Å². The van der Waals surface area contributed by atoms with Gasteiger partial charge in [0, 0.05) is 5.39 Å². The van der Waals surface area contributed by atoms with Gasteiger partial charge in [-0.15, -0.1) is 0 Å². The second-order valence-corrected chi connectivity index (χ2v) is 5.43. The highest BCUT2D eigenvalue weighted by Gasteiger charge is 2.41. The molecule has 0 bridgehead atoms. The van der Waals surface area contributed by atoms with Crippen molar-refractivity contribution in [2.75, 3.05) is 0 Å². The SMILES string of the molecule is Cc1noc2cc(C3(C(=O)O)CCCCC3)ccc12. The number of aryl methyl sites for hydroxylation is 1. The largest absolute Gasteiger partial charge is 0.481 e. The summed E-state index contributed by atoms with van der Waals surface area (Å²) in [6, 6.07) is 5.70. The summed E-state index contributed by atoms with van der Waals surface area (Å²) in [5.41, 5.74) is 1.63. The lowest BCUT2D eigenvalue weighted by Crippen LogP contribution is -2.37. The highest BCUT2D eigenvalue weighted by molar-refractivity contribution is 5.85. The molecule has 1 aliphatic carbocycles. The lowest BCUT2D eigenvalue weighted by Gasteiger charge is -2.33. The minimum atomic E-state index is -0.743. The van der Waals surface area contributed by atoms with E-state index in [1.165, 1.54) is 0 Å². The normalized spacial score (nSPS) is 18.6. The fourth-order valence-electron chi connectivity index (χ4n) is 3.14. The van der Waals surface area contributed by atoms with Crippen molar-refractivity contribution >= 4 is 16.9 Å². The maximum absolute atomic E-state index is 11.8. The van der Waals surface area contributed by atoms with Crippen LogP contribution in [0.3, 0.4) is 0 Å². The minimum Gasteiger partial charge on any atom is -0.481 e. The Morgan fingerprint density at radius 1 is 1.32 bits per heavy atom. The molecule has 1 N–H and O–H groups in total. The first-order valence-electron chi connectivity index (χ1n) is 6.73. The lowest BCUT2D eigenvalue weighted by atomic mass is 9.69. The van der Waals surface area contributed by atoms with Gasteiger partial charge in [0.05, 0.1) is 11.1 Å². The zero-order valence-electron chi connectivity index (χ0n) is 11.0. The Morgan fingerprint density at radius 2 is 2.05 bits per heavy atom. The minimum absolute atomic E-state index is 0.682. The zero-order valence-corrected chi connectivity index (χ0v) is 11.0. The molecule has 2 aromatic rings. The highest BCUT2D eigenvalue weighted by Crippen LogP contribution is 2.40. The molecular formula is C15H17NO3. The molecule has 1 aliphatic rings. The van der Waals surface area contributed by atoms with Crippen molar-refractivity contribution in [1.82, 2.24) is 5.16 Å². The second kappa shape index (κ2) is 4.37.